The van der Waals surface area contributed by atoms with Crippen molar-refractivity contribution in [2.45, 2.75) is 13.3 Å². The fourth-order valence-electron chi connectivity index (χ4n) is 2.59. The third kappa shape index (κ3) is 2.02. The minimum absolute atomic E-state index is 0.157. The maximum Gasteiger partial charge on any atom is 0.146 e. The Labute approximate surface area is 78.9 Å². The van der Waals surface area contributed by atoms with Gasteiger partial charge in [0.2, 0.25) is 0 Å². The molecule has 0 aliphatic carbocycles. The van der Waals surface area contributed by atoms with Crippen molar-refractivity contribution in [3.8, 4) is 0 Å². The molecule has 2 saturated heterocycles. The van der Waals surface area contributed by atoms with Gasteiger partial charge in [0, 0.05) is 18.5 Å². The molecular formula is C9H18N2O2. The molecule has 4 heteroatoms. The van der Waals surface area contributed by atoms with Crippen LogP contribution in [0.2, 0.25) is 0 Å². The van der Waals surface area contributed by atoms with Gasteiger partial charge in [-0.3, -0.25) is 5.84 Å². The molecule has 0 bridgehead atoms. The summed E-state index contributed by atoms with van der Waals surface area (Å²) < 4.78 is 10.7. The standard InChI is InChI=1S/C9H18N2O2/c1-8-2-9(4-11(10)3-8)5-12-7-13-6-9/h8H,2-7,10H2,1H3. The number of nitrogens with two attached hydrogens (primary N) is 1. The van der Waals surface area contributed by atoms with Crippen LogP contribution in [0.4, 0.5) is 0 Å². The van der Waals surface area contributed by atoms with Crippen LogP contribution in [0.1, 0.15) is 13.3 Å². The SMILES string of the molecule is CC1CN(N)CC2(COCOC2)C1. The van der Waals surface area contributed by atoms with Crippen molar-refractivity contribution < 1.29 is 9.47 Å². The van der Waals surface area contributed by atoms with E-state index in [1.807, 2.05) is 5.01 Å². The molecule has 2 aliphatic heterocycles. The highest BCUT2D eigenvalue weighted by Crippen LogP contribution is 2.34. The Hall–Kier alpha value is -0.160. The summed E-state index contributed by atoms with van der Waals surface area (Å²) in [5.74, 6) is 6.50. The van der Waals surface area contributed by atoms with E-state index in [0.717, 1.165) is 26.3 Å². The smallest absolute Gasteiger partial charge is 0.146 e. The average molecular weight is 186 g/mol. The van der Waals surface area contributed by atoms with E-state index in [2.05, 4.69) is 6.92 Å². The zero-order valence-corrected chi connectivity index (χ0v) is 8.16. The van der Waals surface area contributed by atoms with E-state index in [1.165, 1.54) is 6.42 Å². The van der Waals surface area contributed by atoms with E-state index in [9.17, 15) is 0 Å². The van der Waals surface area contributed by atoms with Crippen LogP contribution >= 0.6 is 0 Å². The number of hydrazine groups is 1. The van der Waals surface area contributed by atoms with Gasteiger partial charge in [0.15, 0.2) is 0 Å². The molecule has 0 aromatic carbocycles. The van der Waals surface area contributed by atoms with Crippen LogP contribution in [-0.2, 0) is 9.47 Å². The molecule has 0 aromatic heterocycles. The monoisotopic (exact) mass is 186 g/mol. The van der Waals surface area contributed by atoms with Gasteiger partial charge >= 0.3 is 0 Å². The molecule has 0 radical (unpaired) electrons. The first-order valence-corrected chi connectivity index (χ1v) is 4.85. The Morgan fingerprint density at radius 3 is 2.69 bits per heavy atom. The van der Waals surface area contributed by atoms with Crippen molar-refractivity contribution in [3.63, 3.8) is 0 Å². The zero-order valence-electron chi connectivity index (χ0n) is 8.16. The molecule has 2 fully saturated rings. The maximum absolute atomic E-state index is 5.85. The fourth-order valence-corrected chi connectivity index (χ4v) is 2.59. The number of hydrogen-bond acceptors (Lipinski definition) is 4. The molecule has 2 rings (SSSR count). The van der Waals surface area contributed by atoms with E-state index in [-0.39, 0.29) is 5.41 Å². The summed E-state index contributed by atoms with van der Waals surface area (Å²) in [6.07, 6.45) is 1.17. The van der Waals surface area contributed by atoms with Crippen LogP contribution in [0.5, 0.6) is 0 Å². The van der Waals surface area contributed by atoms with Crippen LogP contribution in [0.15, 0.2) is 0 Å². The number of hydrogen-bond donors (Lipinski definition) is 1. The lowest BCUT2D eigenvalue weighted by Crippen LogP contribution is -2.55. The first-order valence-electron chi connectivity index (χ1n) is 4.85. The van der Waals surface area contributed by atoms with Crippen LogP contribution in [0, 0.1) is 11.3 Å². The summed E-state index contributed by atoms with van der Waals surface area (Å²) >= 11 is 0. The predicted molar refractivity (Wildman–Crippen MR) is 48.7 cm³/mol. The number of ether oxygens (including phenoxy) is 2. The lowest BCUT2D eigenvalue weighted by Gasteiger charge is -2.45. The quantitative estimate of drug-likeness (QED) is 0.549. The van der Waals surface area contributed by atoms with E-state index < -0.39 is 0 Å². The Balaban J connectivity index is 2.02. The molecule has 2 heterocycles. The van der Waals surface area contributed by atoms with Gasteiger partial charge in [0.1, 0.15) is 6.79 Å². The van der Waals surface area contributed by atoms with Crippen molar-refractivity contribution >= 4 is 0 Å². The molecule has 2 N–H and O–H groups in total. The zero-order chi connectivity index (χ0) is 9.31. The highest BCUT2D eigenvalue weighted by Gasteiger charge is 2.40. The fraction of sp³-hybridized carbons (Fsp3) is 1.00. The van der Waals surface area contributed by atoms with Crippen LogP contribution in [0.25, 0.3) is 0 Å². The molecule has 0 saturated carbocycles. The number of nitrogens with zero attached hydrogens (tertiary/aromatic N) is 1. The Kier molecular flexibility index (Phi) is 2.55. The summed E-state index contributed by atoms with van der Waals surface area (Å²) in [6.45, 7) is 6.16. The van der Waals surface area contributed by atoms with Crippen LogP contribution in [-0.4, -0.2) is 38.1 Å². The molecule has 1 spiro atoms. The number of piperidine rings is 1. The summed E-state index contributed by atoms with van der Waals surface area (Å²) in [6, 6.07) is 0. The topological polar surface area (TPSA) is 47.7 Å². The van der Waals surface area contributed by atoms with E-state index in [1.54, 1.807) is 0 Å². The Morgan fingerprint density at radius 2 is 2.08 bits per heavy atom. The summed E-state index contributed by atoms with van der Waals surface area (Å²) in [7, 11) is 0. The molecule has 1 unspecified atom stereocenters. The second kappa shape index (κ2) is 3.53. The van der Waals surface area contributed by atoms with E-state index in [0.29, 0.717) is 12.7 Å². The van der Waals surface area contributed by atoms with Gasteiger partial charge in [-0.25, -0.2) is 5.01 Å². The Bertz CT molecular complexity index is 168. The van der Waals surface area contributed by atoms with E-state index >= 15 is 0 Å². The second-order valence-electron chi connectivity index (χ2n) is 4.55. The van der Waals surface area contributed by atoms with Crippen LogP contribution < -0.4 is 5.84 Å². The molecule has 76 valence electrons. The number of rotatable bonds is 0. The predicted octanol–water partition coefficient (Wildman–Crippen LogP) is 0.193. The van der Waals surface area contributed by atoms with Gasteiger partial charge in [-0.05, 0) is 12.3 Å². The molecule has 2 aliphatic rings. The van der Waals surface area contributed by atoms with Gasteiger partial charge in [-0.1, -0.05) is 6.92 Å². The molecule has 1 atom stereocenters. The van der Waals surface area contributed by atoms with Gasteiger partial charge in [-0.15, -0.1) is 0 Å². The first-order chi connectivity index (χ1) is 6.20. The Morgan fingerprint density at radius 1 is 1.38 bits per heavy atom. The van der Waals surface area contributed by atoms with Gasteiger partial charge < -0.3 is 9.47 Å². The maximum atomic E-state index is 5.85. The second-order valence-corrected chi connectivity index (χ2v) is 4.55. The molecule has 13 heavy (non-hydrogen) atoms. The minimum atomic E-state index is 0.157. The van der Waals surface area contributed by atoms with E-state index in [4.69, 9.17) is 15.3 Å². The van der Waals surface area contributed by atoms with Crippen molar-refractivity contribution in [2.24, 2.45) is 17.2 Å². The molecular weight excluding hydrogens is 168 g/mol. The lowest BCUT2D eigenvalue weighted by atomic mass is 9.77. The van der Waals surface area contributed by atoms with Crippen molar-refractivity contribution in [3.05, 3.63) is 0 Å². The van der Waals surface area contributed by atoms with Crippen molar-refractivity contribution in [2.75, 3.05) is 33.1 Å². The highest BCUT2D eigenvalue weighted by atomic mass is 16.7. The average Bonchev–Trinajstić information content (AvgIpc) is 2.02. The summed E-state index contributed by atoms with van der Waals surface area (Å²) in [5, 5.41) is 1.90. The van der Waals surface area contributed by atoms with Crippen molar-refractivity contribution in [1.82, 2.24) is 5.01 Å². The normalized spacial score (nSPS) is 35.1. The lowest BCUT2D eigenvalue weighted by molar-refractivity contribution is -0.184. The van der Waals surface area contributed by atoms with Crippen molar-refractivity contribution in [1.29, 1.82) is 0 Å². The molecule has 4 nitrogen and oxygen atoms in total. The van der Waals surface area contributed by atoms with Gasteiger partial charge in [-0.2, -0.15) is 0 Å². The highest BCUT2D eigenvalue weighted by molar-refractivity contribution is 4.89. The third-order valence-corrected chi connectivity index (χ3v) is 2.85. The minimum Gasteiger partial charge on any atom is -0.355 e. The van der Waals surface area contributed by atoms with Gasteiger partial charge in [0.05, 0.1) is 13.2 Å². The largest absolute Gasteiger partial charge is 0.355 e. The third-order valence-electron chi connectivity index (χ3n) is 2.85. The summed E-state index contributed by atoms with van der Waals surface area (Å²) in [5.41, 5.74) is 0.157. The van der Waals surface area contributed by atoms with Gasteiger partial charge in [0.25, 0.3) is 0 Å². The molecule has 0 aromatic rings. The van der Waals surface area contributed by atoms with Crippen LogP contribution in [0.3, 0.4) is 0 Å². The first kappa shape index (κ1) is 9.40. The summed E-state index contributed by atoms with van der Waals surface area (Å²) in [4.78, 5) is 0. The molecule has 0 amide bonds.